The zero-order valence-corrected chi connectivity index (χ0v) is 11.2. The Balaban J connectivity index is 2.68. The molecule has 0 amide bonds. The Hall–Kier alpha value is -0.900. The van der Waals surface area contributed by atoms with Crippen molar-refractivity contribution in [3.05, 3.63) is 35.4 Å². The van der Waals surface area contributed by atoms with Gasteiger partial charge in [-0.25, -0.2) is 0 Å². The normalized spacial score (nSPS) is 13.7. The number of hydrogen-bond acceptors (Lipinski definition) is 3. The molecule has 17 heavy (non-hydrogen) atoms. The van der Waals surface area contributed by atoms with Gasteiger partial charge in [-0.05, 0) is 32.0 Å². The molecule has 0 aliphatic rings. The van der Waals surface area contributed by atoms with Crippen molar-refractivity contribution in [3.63, 3.8) is 0 Å². The molecule has 1 atom stereocenters. The molecule has 96 valence electrons. The molecule has 0 fully saturated rings. The van der Waals surface area contributed by atoms with Crippen LogP contribution in [0.15, 0.2) is 24.3 Å². The van der Waals surface area contributed by atoms with Gasteiger partial charge in [-0.15, -0.1) is 0 Å². The first-order valence-electron chi connectivity index (χ1n) is 5.95. The largest absolute Gasteiger partial charge is 0.387 e. The average molecular weight is 237 g/mol. The van der Waals surface area contributed by atoms with Crippen LogP contribution in [0, 0.1) is 0 Å². The van der Waals surface area contributed by atoms with Crippen LogP contribution in [0.25, 0.3) is 0 Å². The second kappa shape index (κ2) is 6.15. The lowest BCUT2D eigenvalue weighted by atomic mass is 9.97. The molecule has 0 bridgehead atoms. The van der Waals surface area contributed by atoms with E-state index < -0.39 is 6.10 Å². The Morgan fingerprint density at radius 2 is 1.88 bits per heavy atom. The van der Waals surface area contributed by atoms with Gasteiger partial charge in [-0.1, -0.05) is 24.3 Å². The van der Waals surface area contributed by atoms with Crippen LogP contribution in [-0.2, 0) is 11.2 Å². The lowest BCUT2D eigenvalue weighted by molar-refractivity contribution is 0.0232. The summed E-state index contributed by atoms with van der Waals surface area (Å²) in [7, 11) is 3.56. The number of rotatable bonds is 6. The predicted molar refractivity (Wildman–Crippen MR) is 70.1 cm³/mol. The molecule has 1 aromatic rings. The number of likely N-dealkylation sites (N-methyl/N-ethyl adjacent to an activating group) is 1. The molecular formula is C14H23NO2. The highest BCUT2D eigenvalue weighted by Crippen LogP contribution is 2.18. The lowest BCUT2D eigenvalue weighted by Gasteiger charge is -2.23. The van der Waals surface area contributed by atoms with Gasteiger partial charge < -0.3 is 15.2 Å². The van der Waals surface area contributed by atoms with Gasteiger partial charge in [0.25, 0.3) is 0 Å². The van der Waals surface area contributed by atoms with E-state index >= 15 is 0 Å². The molecule has 0 aliphatic carbocycles. The summed E-state index contributed by atoms with van der Waals surface area (Å²) in [6.07, 6.45) is 0.427. The Labute approximate surface area is 104 Å². The van der Waals surface area contributed by atoms with Gasteiger partial charge >= 0.3 is 0 Å². The number of benzene rings is 1. The summed E-state index contributed by atoms with van der Waals surface area (Å²) < 4.78 is 5.40. The van der Waals surface area contributed by atoms with Gasteiger partial charge in [0.15, 0.2) is 0 Å². The van der Waals surface area contributed by atoms with Gasteiger partial charge in [-0.2, -0.15) is 0 Å². The fraction of sp³-hybridized carbons (Fsp3) is 0.571. The minimum Gasteiger partial charge on any atom is -0.387 e. The number of ether oxygens (including phenoxy) is 1. The maximum Gasteiger partial charge on any atom is 0.0914 e. The SMILES string of the molecule is CNCC(O)c1ccc(CC(C)(C)OC)cc1. The highest BCUT2D eigenvalue weighted by atomic mass is 16.5. The molecule has 0 spiro atoms. The Bertz CT molecular complexity index is 333. The molecule has 0 aliphatic heterocycles. The Morgan fingerprint density at radius 3 is 2.35 bits per heavy atom. The fourth-order valence-corrected chi connectivity index (χ4v) is 1.73. The summed E-state index contributed by atoms with van der Waals surface area (Å²) in [6, 6.07) is 8.05. The van der Waals surface area contributed by atoms with E-state index in [4.69, 9.17) is 4.74 Å². The van der Waals surface area contributed by atoms with E-state index in [-0.39, 0.29) is 5.60 Å². The van der Waals surface area contributed by atoms with Crippen LogP contribution < -0.4 is 5.32 Å². The number of aliphatic hydroxyl groups is 1. The van der Waals surface area contributed by atoms with E-state index in [1.165, 1.54) is 5.56 Å². The third kappa shape index (κ3) is 4.46. The van der Waals surface area contributed by atoms with E-state index in [1.807, 2.05) is 19.2 Å². The summed E-state index contributed by atoms with van der Waals surface area (Å²) in [5.41, 5.74) is 2.01. The quantitative estimate of drug-likeness (QED) is 0.794. The average Bonchev–Trinajstić information content (AvgIpc) is 2.30. The first-order valence-corrected chi connectivity index (χ1v) is 5.95. The smallest absolute Gasteiger partial charge is 0.0914 e. The summed E-state index contributed by atoms with van der Waals surface area (Å²) in [5, 5.41) is 12.8. The van der Waals surface area contributed by atoms with E-state index in [0.717, 1.165) is 12.0 Å². The summed E-state index contributed by atoms with van der Waals surface area (Å²) >= 11 is 0. The van der Waals surface area contributed by atoms with Gasteiger partial charge in [0.05, 0.1) is 11.7 Å². The zero-order chi connectivity index (χ0) is 12.9. The second-order valence-electron chi connectivity index (χ2n) is 4.96. The third-order valence-electron chi connectivity index (χ3n) is 2.94. The zero-order valence-electron chi connectivity index (χ0n) is 11.2. The first-order chi connectivity index (χ1) is 7.98. The Morgan fingerprint density at radius 1 is 1.29 bits per heavy atom. The van der Waals surface area contributed by atoms with Crippen LogP contribution in [0.1, 0.15) is 31.1 Å². The van der Waals surface area contributed by atoms with Crippen molar-refractivity contribution >= 4 is 0 Å². The minimum atomic E-state index is -0.440. The van der Waals surface area contributed by atoms with E-state index in [9.17, 15) is 5.11 Å². The third-order valence-corrected chi connectivity index (χ3v) is 2.94. The molecule has 2 N–H and O–H groups in total. The molecule has 0 aromatic heterocycles. The number of hydrogen-bond donors (Lipinski definition) is 2. The van der Waals surface area contributed by atoms with Crippen molar-refractivity contribution in [2.75, 3.05) is 20.7 Å². The molecule has 0 heterocycles. The van der Waals surface area contributed by atoms with Crippen molar-refractivity contribution in [1.29, 1.82) is 0 Å². The van der Waals surface area contributed by atoms with Gasteiger partial charge in [-0.3, -0.25) is 0 Å². The summed E-state index contributed by atoms with van der Waals surface area (Å²) in [5.74, 6) is 0. The molecule has 0 saturated carbocycles. The number of aliphatic hydroxyl groups excluding tert-OH is 1. The molecule has 3 heteroatoms. The molecule has 1 aromatic carbocycles. The van der Waals surface area contributed by atoms with E-state index in [2.05, 4.69) is 31.3 Å². The van der Waals surface area contributed by atoms with E-state index in [0.29, 0.717) is 6.54 Å². The van der Waals surface area contributed by atoms with E-state index in [1.54, 1.807) is 7.11 Å². The van der Waals surface area contributed by atoms with Crippen molar-refractivity contribution in [1.82, 2.24) is 5.32 Å². The minimum absolute atomic E-state index is 0.148. The molecule has 3 nitrogen and oxygen atoms in total. The lowest BCUT2D eigenvalue weighted by Crippen LogP contribution is -2.25. The standard InChI is InChI=1S/C14H23NO2/c1-14(2,17-4)9-11-5-7-12(8-6-11)13(16)10-15-3/h5-8,13,15-16H,9-10H2,1-4H3. The molecule has 1 unspecified atom stereocenters. The number of nitrogens with one attached hydrogen (secondary N) is 1. The second-order valence-corrected chi connectivity index (χ2v) is 4.96. The van der Waals surface area contributed by atoms with Crippen LogP contribution in [0.3, 0.4) is 0 Å². The monoisotopic (exact) mass is 237 g/mol. The molecular weight excluding hydrogens is 214 g/mol. The first kappa shape index (κ1) is 14.2. The van der Waals surface area contributed by atoms with Crippen LogP contribution in [0.4, 0.5) is 0 Å². The van der Waals surface area contributed by atoms with Crippen molar-refractivity contribution < 1.29 is 9.84 Å². The highest BCUT2D eigenvalue weighted by Gasteiger charge is 2.17. The highest BCUT2D eigenvalue weighted by molar-refractivity contribution is 5.25. The van der Waals surface area contributed by atoms with Crippen molar-refractivity contribution in [3.8, 4) is 0 Å². The maximum atomic E-state index is 9.80. The molecule has 1 rings (SSSR count). The molecule has 0 radical (unpaired) electrons. The van der Waals surface area contributed by atoms with Crippen molar-refractivity contribution in [2.24, 2.45) is 0 Å². The van der Waals surface area contributed by atoms with Crippen molar-refractivity contribution in [2.45, 2.75) is 32.0 Å². The van der Waals surface area contributed by atoms with Gasteiger partial charge in [0.2, 0.25) is 0 Å². The van der Waals surface area contributed by atoms with Crippen LogP contribution in [0.5, 0.6) is 0 Å². The topological polar surface area (TPSA) is 41.5 Å². The predicted octanol–water partition coefficient (Wildman–Crippen LogP) is 1.91. The molecule has 0 saturated heterocycles. The van der Waals surface area contributed by atoms with Crippen LogP contribution in [0.2, 0.25) is 0 Å². The van der Waals surface area contributed by atoms with Gasteiger partial charge in [0, 0.05) is 20.1 Å². The maximum absolute atomic E-state index is 9.80. The van der Waals surface area contributed by atoms with Crippen LogP contribution in [-0.4, -0.2) is 31.4 Å². The summed E-state index contributed by atoms with van der Waals surface area (Å²) in [6.45, 7) is 4.70. The number of methoxy groups -OCH3 is 1. The van der Waals surface area contributed by atoms with Crippen LogP contribution >= 0.6 is 0 Å². The fourth-order valence-electron chi connectivity index (χ4n) is 1.73. The van der Waals surface area contributed by atoms with Gasteiger partial charge in [0.1, 0.15) is 0 Å². The Kier molecular flexibility index (Phi) is 5.12. The summed E-state index contributed by atoms with van der Waals surface area (Å²) in [4.78, 5) is 0.